The summed E-state index contributed by atoms with van der Waals surface area (Å²) in [6.45, 7) is 7.61. The number of carboxylic acid groups (broad SMARTS) is 1. The molecule has 5 heteroatoms. The van der Waals surface area contributed by atoms with Gasteiger partial charge in [-0.2, -0.15) is 0 Å². The molecule has 1 aromatic carbocycles. The van der Waals surface area contributed by atoms with Crippen molar-refractivity contribution >= 4 is 11.9 Å². The maximum Gasteiger partial charge on any atom is 0.308 e. The fourth-order valence-electron chi connectivity index (χ4n) is 1.81. The SMILES string of the molecule is CC(CN(C)C(=O)c1ccc(OC(C)(C)C)cc1)C(=O)O. The molecular weight excluding hydrogens is 270 g/mol. The highest BCUT2D eigenvalue weighted by molar-refractivity contribution is 5.94. The molecule has 1 rings (SSSR count). The molecule has 0 spiro atoms. The van der Waals surface area contributed by atoms with Gasteiger partial charge in [-0.1, -0.05) is 6.92 Å². The molecule has 1 aromatic rings. The Balaban J connectivity index is 2.73. The third-order valence-electron chi connectivity index (χ3n) is 2.84. The first-order chi connectivity index (χ1) is 9.60. The van der Waals surface area contributed by atoms with Gasteiger partial charge in [0.2, 0.25) is 0 Å². The van der Waals surface area contributed by atoms with Gasteiger partial charge in [-0.05, 0) is 45.0 Å². The van der Waals surface area contributed by atoms with E-state index in [2.05, 4.69) is 0 Å². The lowest BCUT2D eigenvalue weighted by Crippen LogP contribution is -2.33. The zero-order chi connectivity index (χ0) is 16.2. The van der Waals surface area contributed by atoms with Crippen LogP contribution in [0.5, 0.6) is 5.75 Å². The van der Waals surface area contributed by atoms with Crippen LogP contribution in [0.1, 0.15) is 38.1 Å². The molecule has 0 heterocycles. The maximum atomic E-state index is 12.2. The highest BCUT2D eigenvalue weighted by Gasteiger charge is 2.19. The van der Waals surface area contributed by atoms with E-state index in [0.717, 1.165) is 0 Å². The van der Waals surface area contributed by atoms with Crippen LogP contribution in [-0.2, 0) is 4.79 Å². The molecule has 116 valence electrons. The van der Waals surface area contributed by atoms with Crippen molar-refractivity contribution < 1.29 is 19.4 Å². The minimum atomic E-state index is -0.913. The van der Waals surface area contributed by atoms with Crippen molar-refractivity contribution in [3.63, 3.8) is 0 Å². The van der Waals surface area contributed by atoms with Gasteiger partial charge in [0, 0.05) is 19.2 Å². The number of benzene rings is 1. The number of hydrogen-bond donors (Lipinski definition) is 1. The molecule has 1 unspecified atom stereocenters. The van der Waals surface area contributed by atoms with E-state index in [1.54, 1.807) is 38.2 Å². The van der Waals surface area contributed by atoms with E-state index in [1.165, 1.54) is 4.90 Å². The van der Waals surface area contributed by atoms with Crippen LogP contribution in [0.15, 0.2) is 24.3 Å². The van der Waals surface area contributed by atoms with Gasteiger partial charge in [-0.3, -0.25) is 9.59 Å². The van der Waals surface area contributed by atoms with Crippen LogP contribution < -0.4 is 4.74 Å². The molecular formula is C16H23NO4. The van der Waals surface area contributed by atoms with E-state index in [-0.39, 0.29) is 18.1 Å². The molecule has 0 aliphatic heterocycles. The number of rotatable bonds is 5. The third-order valence-corrected chi connectivity index (χ3v) is 2.84. The normalized spacial score (nSPS) is 12.6. The van der Waals surface area contributed by atoms with Crippen molar-refractivity contribution in [1.82, 2.24) is 4.90 Å². The molecule has 0 saturated heterocycles. The van der Waals surface area contributed by atoms with E-state index in [4.69, 9.17) is 9.84 Å². The van der Waals surface area contributed by atoms with Crippen LogP contribution in [0.2, 0.25) is 0 Å². The second-order valence-electron chi connectivity index (χ2n) is 6.16. The first-order valence-corrected chi connectivity index (χ1v) is 6.87. The zero-order valence-electron chi connectivity index (χ0n) is 13.2. The molecule has 0 bridgehead atoms. The largest absolute Gasteiger partial charge is 0.488 e. The van der Waals surface area contributed by atoms with Gasteiger partial charge in [-0.15, -0.1) is 0 Å². The predicted octanol–water partition coefficient (Wildman–Crippen LogP) is 2.66. The standard InChI is InChI=1S/C16H23NO4/c1-11(15(19)20)10-17(5)14(18)12-6-8-13(9-7-12)21-16(2,3)4/h6-9,11H,10H2,1-5H3,(H,19,20). The van der Waals surface area contributed by atoms with Gasteiger partial charge in [0.1, 0.15) is 11.4 Å². The smallest absolute Gasteiger partial charge is 0.308 e. The summed E-state index contributed by atoms with van der Waals surface area (Å²) in [5.41, 5.74) is 0.218. The maximum absolute atomic E-state index is 12.2. The minimum Gasteiger partial charge on any atom is -0.488 e. The summed E-state index contributed by atoms with van der Waals surface area (Å²) in [5, 5.41) is 8.87. The first-order valence-electron chi connectivity index (χ1n) is 6.87. The average Bonchev–Trinajstić information content (AvgIpc) is 2.36. The molecule has 0 aliphatic rings. The van der Waals surface area contributed by atoms with Crippen molar-refractivity contribution in [1.29, 1.82) is 0 Å². The Morgan fingerprint density at radius 2 is 1.76 bits per heavy atom. The van der Waals surface area contributed by atoms with Crippen molar-refractivity contribution in [2.75, 3.05) is 13.6 Å². The third kappa shape index (κ3) is 5.45. The fourth-order valence-corrected chi connectivity index (χ4v) is 1.81. The Morgan fingerprint density at radius 1 is 1.24 bits per heavy atom. The van der Waals surface area contributed by atoms with Crippen molar-refractivity contribution in [3.8, 4) is 5.75 Å². The van der Waals surface area contributed by atoms with Crippen molar-refractivity contribution in [2.24, 2.45) is 5.92 Å². The Hall–Kier alpha value is -2.04. The van der Waals surface area contributed by atoms with Crippen molar-refractivity contribution in [3.05, 3.63) is 29.8 Å². The number of amides is 1. The number of nitrogens with zero attached hydrogens (tertiary/aromatic N) is 1. The number of hydrogen-bond acceptors (Lipinski definition) is 3. The van der Waals surface area contributed by atoms with Gasteiger partial charge in [-0.25, -0.2) is 0 Å². The molecule has 0 saturated carbocycles. The van der Waals surface area contributed by atoms with Gasteiger partial charge >= 0.3 is 5.97 Å². The Kier molecular flexibility index (Phi) is 5.35. The lowest BCUT2D eigenvalue weighted by Gasteiger charge is -2.22. The highest BCUT2D eigenvalue weighted by atomic mass is 16.5. The van der Waals surface area contributed by atoms with Crippen LogP contribution in [-0.4, -0.2) is 41.1 Å². The highest BCUT2D eigenvalue weighted by Crippen LogP contribution is 2.19. The summed E-state index contributed by atoms with van der Waals surface area (Å²) in [6.07, 6.45) is 0. The van der Waals surface area contributed by atoms with E-state index in [1.807, 2.05) is 20.8 Å². The molecule has 0 aliphatic carbocycles. The average molecular weight is 293 g/mol. The van der Waals surface area contributed by atoms with Crippen molar-refractivity contribution in [2.45, 2.75) is 33.3 Å². The van der Waals surface area contributed by atoms with Gasteiger partial charge in [0.05, 0.1) is 5.92 Å². The number of carboxylic acids is 1. The lowest BCUT2D eigenvalue weighted by molar-refractivity contribution is -0.141. The molecule has 21 heavy (non-hydrogen) atoms. The summed E-state index contributed by atoms with van der Waals surface area (Å²) in [4.78, 5) is 24.4. The number of carbonyl (C=O) groups is 2. The van der Waals surface area contributed by atoms with Crippen LogP contribution >= 0.6 is 0 Å². The molecule has 1 amide bonds. The number of ether oxygens (including phenoxy) is 1. The van der Waals surface area contributed by atoms with E-state index in [0.29, 0.717) is 11.3 Å². The fraction of sp³-hybridized carbons (Fsp3) is 0.500. The molecule has 1 N–H and O–H groups in total. The van der Waals surface area contributed by atoms with E-state index >= 15 is 0 Å². The predicted molar refractivity (Wildman–Crippen MR) is 80.6 cm³/mol. The number of carbonyl (C=O) groups excluding carboxylic acids is 1. The Bertz CT molecular complexity index is 502. The minimum absolute atomic E-state index is 0.175. The molecule has 0 aromatic heterocycles. The van der Waals surface area contributed by atoms with Crippen LogP contribution in [0.3, 0.4) is 0 Å². The monoisotopic (exact) mass is 293 g/mol. The number of aliphatic carboxylic acids is 1. The van der Waals surface area contributed by atoms with E-state index in [9.17, 15) is 9.59 Å². The van der Waals surface area contributed by atoms with Gasteiger partial charge < -0.3 is 14.7 Å². The zero-order valence-corrected chi connectivity index (χ0v) is 13.2. The summed E-state index contributed by atoms with van der Waals surface area (Å²) in [7, 11) is 1.60. The molecule has 0 radical (unpaired) electrons. The second kappa shape index (κ2) is 6.61. The van der Waals surface area contributed by atoms with Crippen LogP contribution in [0, 0.1) is 5.92 Å². The summed E-state index contributed by atoms with van der Waals surface area (Å²) in [6, 6.07) is 6.86. The topological polar surface area (TPSA) is 66.8 Å². The molecule has 0 fully saturated rings. The van der Waals surface area contributed by atoms with Gasteiger partial charge in [0.15, 0.2) is 0 Å². The summed E-state index contributed by atoms with van der Waals surface area (Å²) < 4.78 is 5.69. The summed E-state index contributed by atoms with van der Waals surface area (Å²) >= 11 is 0. The quantitative estimate of drug-likeness (QED) is 0.906. The molecule has 5 nitrogen and oxygen atoms in total. The van der Waals surface area contributed by atoms with E-state index < -0.39 is 11.9 Å². The van der Waals surface area contributed by atoms with Crippen LogP contribution in [0.25, 0.3) is 0 Å². The lowest BCUT2D eigenvalue weighted by atomic mass is 10.1. The second-order valence-corrected chi connectivity index (χ2v) is 6.16. The molecule has 1 atom stereocenters. The summed E-state index contributed by atoms with van der Waals surface area (Å²) in [5.74, 6) is -1.02. The van der Waals surface area contributed by atoms with Gasteiger partial charge in [0.25, 0.3) is 5.91 Å². The first kappa shape index (κ1) is 17.0. The van der Waals surface area contributed by atoms with Crippen LogP contribution in [0.4, 0.5) is 0 Å². The Labute approximate surface area is 125 Å². The Morgan fingerprint density at radius 3 is 2.19 bits per heavy atom.